The molecule has 5 nitrogen and oxygen atoms in total. The van der Waals surface area contributed by atoms with Crippen LogP contribution in [-0.2, 0) is 9.84 Å². The molecule has 0 bridgehead atoms. The van der Waals surface area contributed by atoms with E-state index in [0.717, 1.165) is 0 Å². The van der Waals surface area contributed by atoms with Gasteiger partial charge in [0.1, 0.15) is 11.5 Å². The SMILES string of the molecule is O=C(c1ccc(Oc2ccccc2)cc1)N1CCC(c2ccccc2Cl)S(=O)(=O)CC1. The Morgan fingerprint density at radius 2 is 1.52 bits per heavy atom. The van der Waals surface area contributed by atoms with Crippen molar-refractivity contribution in [1.82, 2.24) is 4.90 Å². The first-order valence-corrected chi connectivity index (χ1v) is 12.1. The van der Waals surface area contributed by atoms with Crippen LogP contribution in [0.25, 0.3) is 0 Å². The number of benzene rings is 3. The van der Waals surface area contributed by atoms with Crippen LogP contribution in [-0.4, -0.2) is 38.1 Å². The molecule has 7 heteroatoms. The van der Waals surface area contributed by atoms with Crippen LogP contribution < -0.4 is 4.74 Å². The van der Waals surface area contributed by atoms with Crippen molar-refractivity contribution in [3.8, 4) is 11.5 Å². The fraction of sp³-hybridized carbons (Fsp3) is 0.208. The number of halogens is 1. The third kappa shape index (κ3) is 4.92. The van der Waals surface area contributed by atoms with E-state index in [-0.39, 0.29) is 18.2 Å². The van der Waals surface area contributed by atoms with Gasteiger partial charge in [0.25, 0.3) is 5.91 Å². The maximum Gasteiger partial charge on any atom is 0.253 e. The zero-order valence-corrected chi connectivity index (χ0v) is 18.4. The highest BCUT2D eigenvalue weighted by atomic mass is 35.5. The van der Waals surface area contributed by atoms with Gasteiger partial charge in [0, 0.05) is 23.7 Å². The molecule has 31 heavy (non-hydrogen) atoms. The van der Waals surface area contributed by atoms with Gasteiger partial charge in [-0.25, -0.2) is 8.42 Å². The first-order valence-electron chi connectivity index (χ1n) is 10.0. The second-order valence-corrected chi connectivity index (χ2v) is 10.1. The van der Waals surface area contributed by atoms with Crippen molar-refractivity contribution >= 4 is 27.3 Å². The molecule has 3 aromatic carbocycles. The van der Waals surface area contributed by atoms with Crippen LogP contribution in [0.2, 0.25) is 5.02 Å². The fourth-order valence-corrected chi connectivity index (χ4v) is 5.85. The van der Waals surface area contributed by atoms with Crippen molar-refractivity contribution in [2.24, 2.45) is 0 Å². The summed E-state index contributed by atoms with van der Waals surface area (Å²) in [5.74, 6) is 1.05. The third-order valence-corrected chi connectivity index (χ3v) is 7.81. The summed E-state index contributed by atoms with van der Waals surface area (Å²) in [5.41, 5.74) is 1.09. The van der Waals surface area contributed by atoms with Crippen LogP contribution >= 0.6 is 11.6 Å². The molecular formula is C24H22ClNO4S. The molecule has 0 radical (unpaired) electrons. The van der Waals surface area contributed by atoms with Gasteiger partial charge >= 0.3 is 0 Å². The zero-order chi connectivity index (χ0) is 21.8. The average molecular weight is 456 g/mol. The summed E-state index contributed by atoms with van der Waals surface area (Å²) < 4.78 is 31.5. The minimum atomic E-state index is -3.42. The first-order chi connectivity index (χ1) is 14.9. The lowest BCUT2D eigenvalue weighted by atomic mass is 10.1. The molecular weight excluding hydrogens is 434 g/mol. The second-order valence-electron chi connectivity index (χ2n) is 7.40. The van der Waals surface area contributed by atoms with Crippen LogP contribution in [0.15, 0.2) is 78.9 Å². The Morgan fingerprint density at radius 3 is 2.23 bits per heavy atom. The van der Waals surface area contributed by atoms with Crippen molar-refractivity contribution in [3.63, 3.8) is 0 Å². The van der Waals surface area contributed by atoms with Crippen LogP contribution in [0.1, 0.15) is 27.6 Å². The minimum Gasteiger partial charge on any atom is -0.457 e. The van der Waals surface area contributed by atoms with Crippen LogP contribution in [0, 0.1) is 0 Å². The molecule has 1 saturated heterocycles. The Kier molecular flexibility index (Phi) is 6.30. The van der Waals surface area contributed by atoms with Crippen molar-refractivity contribution < 1.29 is 17.9 Å². The van der Waals surface area contributed by atoms with Crippen LogP contribution in [0.5, 0.6) is 11.5 Å². The lowest BCUT2D eigenvalue weighted by molar-refractivity contribution is 0.0766. The van der Waals surface area contributed by atoms with Gasteiger partial charge in [0.2, 0.25) is 0 Å². The van der Waals surface area contributed by atoms with E-state index in [1.165, 1.54) is 0 Å². The molecule has 1 unspecified atom stereocenters. The number of amides is 1. The molecule has 160 valence electrons. The Morgan fingerprint density at radius 1 is 0.871 bits per heavy atom. The van der Waals surface area contributed by atoms with E-state index in [1.54, 1.807) is 53.4 Å². The normalized spacial score (nSPS) is 18.2. The van der Waals surface area contributed by atoms with Gasteiger partial charge in [0.05, 0.1) is 11.0 Å². The summed E-state index contributed by atoms with van der Waals surface area (Å²) in [7, 11) is -3.42. The molecule has 1 atom stereocenters. The number of hydrogen-bond donors (Lipinski definition) is 0. The Bertz CT molecular complexity index is 1160. The summed E-state index contributed by atoms with van der Waals surface area (Å²) in [4.78, 5) is 14.6. The van der Waals surface area contributed by atoms with E-state index in [1.807, 2.05) is 30.3 Å². The number of carbonyl (C=O) groups excluding carboxylic acids is 1. The standard InChI is InChI=1S/C24H22ClNO4S/c25-22-9-5-4-8-21(22)23-14-15-26(16-17-31(23,28)29)24(27)18-10-12-20(13-11-18)30-19-6-2-1-3-7-19/h1-13,23H,14-17H2. The minimum absolute atomic E-state index is 0.0934. The molecule has 1 aliphatic rings. The largest absolute Gasteiger partial charge is 0.457 e. The number of ether oxygens (including phenoxy) is 1. The number of sulfone groups is 1. The predicted molar refractivity (Wildman–Crippen MR) is 121 cm³/mol. The molecule has 1 fully saturated rings. The van der Waals surface area contributed by atoms with E-state index < -0.39 is 15.1 Å². The molecule has 0 N–H and O–H groups in total. The lowest BCUT2D eigenvalue weighted by Crippen LogP contribution is -2.33. The van der Waals surface area contributed by atoms with Crippen molar-refractivity contribution in [3.05, 3.63) is 95.0 Å². The van der Waals surface area contributed by atoms with Crippen molar-refractivity contribution in [2.45, 2.75) is 11.7 Å². The number of nitrogens with zero attached hydrogens (tertiary/aromatic N) is 1. The summed E-state index contributed by atoms with van der Waals surface area (Å²) in [6.45, 7) is 0.501. The summed E-state index contributed by atoms with van der Waals surface area (Å²) in [6, 6.07) is 23.3. The van der Waals surface area contributed by atoms with E-state index in [9.17, 15) is 13.2 Å². The Labute approximate surface area is 187 Å². The van der Waals surface area contributed by atoms with Crippen LogP contribution in [0.4, 0.5) is 0 Å². The van der Waals surface area contributed by atoms with Gasteiger partial charge in [-0.15, -0.1) is 0 Å². The van der Waals surface area contributed by atoms with Gasteiger partial charge in [-0.05, 0) is 54.4 Å². The topological polar surface area (TPSA) is 63.7 Å². The molecule has 0 aliphatic carbocycles. The molecule has 1 aliphatic heterocycles. The van der Waals surface area contributed by atoms with E-state index in [0.29, 0.717) is 40.6 Å². The van der Waals surface area contributed by atoms with E-state index >= 15 is 0 Å². The van der Waals surface area contributed by atoms with E-state index in [2.05, 4.69) is 0 Å². The van der Waals surface area contributed by atoms with Gasteiger partial charge < -0.3 is 9.64 Å². The lowest BCUT2D eigenvalue weighted by Gasteiger charge is -2.20. The van der Waals surface area contributed by atoms with Crippen LogP contribution in [0.3, 0.4) is 0 Å². The maximum absolute atomic E-state index is 13.0. The van der Waals surface area contributed by atoms with Gasteiger partial charge in [-0.1, -0.05) is 48.0 Å². The summed E-state index contributed by atoms with van der Waals surface area (Å²) in [5, 5.41) is -0.273. The smallest absolute Gasteiger partial charge is 0.253 e. The number of para-hydroxylation sites is 1. The molecule has 0 spiro atoms. The van der Waals surface area contributed by atoms with Gasteiger partial charge in [-0.2, -0.15) is 0 Å². The summed E-state index contributed by atoms with van der Waals surface area (Å²) >= 11 is 6.25. The van der Waals surface area contributed by atoms with Gasteiger partial charge in [-0.3, -0.25) is 4.79 Å². The molecule has 4 rings (SSSR count). The van der Waals surface area contributed by atoms with Crippen molar-refractivity contribution in [2.75, 3.05) is 18.8 Å². The highest BCUT2D eigenvalue weighted by Gasteiger charge is 2.33. The number of hydrogen-bond acceptors (Lipinski definition) is 4. The monoisotopic (exact) mass is 455 g/mol. The highest BCUT2D eigenvalue weighted by Crippen LogP contribution is 2.34. The number of carbonyl (C=O) groups is 1. The molecule has 1 heterocycles. The second kappa shape index (κ2) is 9.12. The van der Waals surface area contributed by atoms with Crippen molar-refractivity contribution in [1.29, 1.82) is 0 Å². The maximum atomic E-state index is 13.0. The number of rotatable bonds is 4. The molecule has 0 aromatic heterocycles. The zero-order valence-electron chi connectivity index (χ0n) is 16.8. The summed E-state index contributed by atoms with van der Waals surface area (Å²) in [6.07, 6.45) is 0.313. The third-order valence-electron chi connectivity index (χ3n) is 5.36. The van der Waals surface area contributed by atoms with E-state index in [4.69, 9.17) is 16.3 Å². The average Bonchev–Trinajstić information content (AvgIpc) is 2.93. The molecule has 1 amide bonds. The quantitative estimate of drug-likeness (QED) is 0.546. The van der Waals surface area contributed by atoms with Gasteiger partial charge in [0.15, 0.2) is 9.84 Å². The fourth-order valence-electron chi connectivity index (χ4n) is 3.71. The predicted octanol–water partition coefficient (Wildman–Crippen LogP) is 5.13. The Hall–Kier alpha value is -2.83. The molecule has 3 aromatic rings. The Balaban J connectivity index is 1.47. The first kappa shape index (κ1) is 21.4. The molecule has 0 saturated carbocycles. The highest BCUT2D eigenvalue weighted by molar-refractivity contribution is 7.91.